The first-order chi connectivity index (χ1) is 8.31. The first kappa shape index (κ1) is 14.6. The van der Waals surface area contributed by atoms with Crippen LogP contribution < -0.4 is 4.72 Å². The third-order valence-corrected chi connectivity index (χ3v) is 3.31. The van der Waals surface area contributed by atoms with Gasteiger partial charge in [-0.1, -0.05) is 0 Å². The molecule has 0 aliphatic rings. The highest BCUT2D eigenvalue weighted by atomic mass is 32.2. The minimum atomic E-state index is -3.83. The van der Waals surface area contributed by atoms with Gasteiger partial charge in [-0.2, -0.15) is 4.72 Å². The van der Waals surface area contributed by atoms with Crippen molar-refractivity contribution in [3.63, 3.8) is 0 Å². The Morgan fingerprint density at radius 3 is 2.39 bits per heavy atom. The quantitative estimate of drug-likeness (QED) is 0.815. The average Bonchev–Trinajstić information content (AvgIpc) is 2.26. The van der Waals surface area contributed by atoms with E-state index in [9.17, 15) is 17.6 Å². The molecule has 7 heteroatoms. The molecule has 0 aliphatic heterocycles. The largest absolute Gasteiger partial charge is 0.462 e. The van der Waals surface area contributed by atoms with E-state index in [1.807, 2.05) is 0 Å². The molecule has 0 saturated carbocycles. The molecule has 0 aliphatic carbocycles. The first-order valence-electron chi connectivity index (χ1n) is 5.26. The van der Waals surface area contributed by atoms with Gasteiger partial charge in [0.05, 0.1) is 11.0 Å². The number of nitrogens with one attached hydrogen (secondary N) is 1. The molecule has 5 nitrogen and oxygen atoms in total. The van der Waals surface area contributed by atoms with Crippen LogP contribution in [0.4, 0.5) is 4.39 Å². The van der Waals surface area contributed by atoms with Crippen molar-refractivity contribution in [1.82, 2.24) is 4.72 Å². The van der Waals surface area contributed by atoms with Crippen molar-refractivity contribution in [2.24, 2.45) is 0 Å². The Bertz CT molecular complexity index is 510. The second kappa shape index (κ2) is 5.92. The smallest absolute Gasteiger partial charge is 0.321 e. The number of benzene rings is 1. The lowest BCUT2D eigenvalue weighted by atomic mass is 10.4. The molecule has 1 aromatic carbocycles. The van der Waals surface area contributed by atoms with E-state index in [4.69, 9.17) is 4.74 Å². The van der Waals surface area contributed by atoms with Gasteiger partial charge >= 0.3 is 5.97 Å². The fourth-order valence-electron chi connectivity index (χ4n) is 1.16. The number of ether oxygens (including phenoxy) is 1. The van der Waals surface area contributed by atoms with E-state index in [1.54, 1.807) is 13.8 Å². The maximum absolute atomic E-state index is 12.6. The van der Waals surface area contributed by atoms with Gasteiger partial charge in [0.15, 0.2) is 0 Å². The third kappa shape index (κ3) is 4.42. The van der Waals surface area contributed by atoms with Crippen LogP contribution in [0.5, 0.6) is 0 Å². The summed E-state index contributed by atoms with van der Waals surface area (Å²) in [4.78, 5) is 11.1. The summed E-state index contributed by atoms with van der Waals surface area (Å²) < 4.78 is 42.9. The van der Waals surface area contributed by atoms with Gasteiger partial charge in [0, 0.05) is 0 Å². The Labute approximate surface area is 105 Å². The normalized spacial score (nSPS) is 11.6. The van der Waals surface area contributed by atoms with Gasteiger partial charge in [-0.25, -0.2) is 12.8 Å². The van der Waals surface area contributed by atoms with Crippen LogP contribution in [0.15, 0.2) is 29.2 Å². The minimum absolute atomic E-state index is 0.110. The summed E-state index contributed by atoms with van der Waals surface area (Å²) in [7, 11) is -3.83. The van der Waals surface area contributed by atoms with Gasteiger partial charge in [0.2, 0.25) is 10.0 Å². The van der Waals surface area contributed by atoms with E-state index in [0.717, 1.165) is 24.3 Å². The van der Waals surface area contributed by atoms with Gasteiger partial charge in [-0.15, -0.1) is 0 Å². The molecule has 1 rings (SSSR count). The van der Waals surface area contributed by atoms with Gasteiger partial charge < -0.3 is 4.74 Å². The van der Waals surface area contributed by atoms with Gasteiger partial charge in [-0.3, -0.25) is 4.79 Å². The van der Waals surface area contributed by atoms with Gasteiger partial charge in [0.1, 0.15) is 12.4 Å². The summed E-state index contributed by atoms with van der Waals surface area (Å²) in [6.45, 7) is 2.86. The Morgan fingerprint density at radius 2 is 1.89 bits per heavy atom. The standard InChI is InChI=1S/C11H14FNO4S/c1-8(2)17-11(14)7-13-18(15,16)10-5-3-9(12)4-6-10/h3-6,8,13H,7H2,1-2H3. The van der Waals surface area contributed by atoms with Crippen LogP contribution >= 0.6 is 0 Å². The Hall–Kier alpha value is -1.47. The lowest BCUT2D eigenvalue weighted by Gasteiger charge is -2.09. The van der Waals surface area contributed by atoms with Crippen molar-refractivity contribution in [2.45, 2.75) is 24.8 Å². The maximum atomic E-state index is 12.6. The van der Waals surface area contributed by atoms with Crippen LogP contribution in [0.25, 0.3) is 0 Å². The minimum Gasteiger partial charge on any atom is -0.462 e. The van der Waals surface area contributed by atoms with Crippen molar-refractivity contribution in [3.8, 4) is 0 Å². The Balaban J connectivity index is 2.66. The molecule has 0 heterocycles. The zero-order chi connectivity index (χ0) is 13.8. The van der Waals surface area contributed by atoms with Crippen molar-refractivity contribution >= 4 is 16.0 Å². The van der Waals surface area contributed by atoms with Crippen LogP contribution in [0.1, 0.15) is 13.8 Å². The van der Waals surface area contributed by atoms with Gasteiger partial charge in [0.25, 0.3) is 0 Å². The summed E-state index contributed by atoms with van der Waals surface area (Å²) in [6.07, 6.45) is -0.312. The lowest BCUT2D eigenvalue weighted by molar-refractivity contribution is -0.145. The number of carbonyl (C=O) groups excluding carboxylic acids is 1. The molecule has 0 aromatic heterocycles. The van der Waals surface area contributed by atoms with E-state index in [1.165, 1.54) is 0 Å². The number of esters is 1. The van der Waals surface area contributed by atoms with Crippen LogP contribution in [0.3, 0.4) is 0 Å². The molecule has 0 bridgehead atoms. The van der Waals surface area contributed by atoms with E-state index in [-0.39, 0.29) is 11.0 Å². The van der Waals surface area contributed by atoms with Crippen LogP contribution in [0.2, 0.25) is 0 Å². The van der Waals surface area contributed by atoms with Crippen LogP contribution in [0, 0.1) is 5.82 Å². The molecular weight excluding hydrogens is 261 g/mol. The fourth-order valence-corrected chi connectivity index (χ4v) is 2.12. The molecule has 100 valence electrons. The number of hydrogen-bond donors (Lipinski definition) is 1. The molecule has 1 aromatic rings. The van der Waals surface area contributed by atoms with Crippen LogP contribution in [-0.2, 0) is 19.6 Å². The highest BCUT2D eigenvalue weighted by molar-refractivity contribution is 7.89. The molecule has 0 unspecified atom stereocenters. The zero-order valence-corrected chi connectivity index (χ0v) is 10.8. The van der Waals surface area contributed by atoms with E-state index >= 15 is 0 Å². The highest BCUT2D eigenvalue weighted by Gasteiger charge is 2.16. The zero-order valence-electron chi connectivity index (χ0n) is 10.0. The number of rotatable bonds is 5. The monoisotopic (exact) mass is 275 g/mol. The topological polar surface area (TPSA) is 72.5 Å². The SMILES string of the molecule is CC(C)OC(=O)CNS(=O)(=O)c1ccc(F)cc1. The summed E-state index contributed by atoms with van der Waals surface area (Å²) in [5.41, 5.74) is 0. The molecule has 0 saturated heterocycles. The lowest BCUT2D eigenvalue weighted by Crippen LogP contribution is -2.31. The summed E-state index contributed by atoms with van der Waals surface area (Å²) in [6, 6.07) is 4.29. The van der Waals surface area contributed by atoms with Crippen molar-refractivity contribution in [2.75, 3.05) is 6.54 Å². The third-order valence-electron chi connectivity index (χ3n) is 1.90. The van der Waals surface area contributed by atoms with Crippen molar-refractivity contribution < 1.29 is 22.3 Å². The molecule has 0 radical (unpaired) electrons. The highest BCUT2D eigenvalue weighted by Crippen LogP contribution is 2.09. The molecular formula is C11H14FNO4S. The summed E-state index contributed by atoms with van der Waals surface area (Å²) in [5.74, 6) is -1.20. The number of carbonyl (C=O) groups is 1. The second-order valence-electron chi connectivity index (χ2n) is 3.82. The Morgan fingerprint density at radius 1 is 1.33 bits per heavy atom. The predicted molar refractivity (Wildman–Crippen MR) is 62.8 cm³/mol. The average molecular weight is 275 g/mol. The summed E-state index contributed by atoms with van der Waals surface area (Å²) in [5, 5.41) is 0. The molecule has 0 fully saturated rings. The molecule has 18 heavy (non-hydrogen) atoms. The Kier molecular flexibility index (Phi) is 4.80. The van der Waals surface area contributed by atoms with E-state index in [0.29, 0.717) is 0 Å². The second-order valence-corrected chi connectivity index (χ2v) is 5.58. The number of halogens is 1. The molecule has 1 N–H and O–H groups in total. The van der Waals surface area contributed by atoms with E-state index in [2.05, 4.69) is 4.72 Å². The van der Waals surface area contributed by atoms with Crippen LogP contribution in [-0.4, -0.2) is 27.0 Å². The molecule has 0 atom stereocenters. The molecule has 0 amide bonds. The maximum Gasteiger partial charge on any atom is 0.321 e. The fraction of sp³-hybridized carbons (Fsp3) is 0.364. The number of hydrogen-bond acceptors (Lipinski definition) is 4. The van der Waals surface area contributed by atoms with E-state index < -0.39 is 28.4 Å². The predicted octanol–water partition coefficient (Wildman–Crippen LogP) is 1.06. The van der Waals surface area contributed by atoms with Crippen molar-refractivity contribution in [1.29, 1.82) is 0 Å². The van der Waals surface area contributed by atoms with Gasteiger partial charge in [-0.05, 0) is 38.1 Å². The van der Waals surface area contributed by atoms with Crippen molar-refractivity contribution in [3.05, 3.63) is 30.1 Å². The molecule has 0 spiro atoms. The summed E-state index contributed by atoms with van der Waals surface area (Å²) >= 11 is 0. The number of sulfonamides is 1. The first-order valence-corrected chi connectivity index (χ1v) is 6.74.